The lowest BCUT2D eigenvalue weighted by atomic mass is 10.1. The molecule has 0 aliphatic carbocycles. The smallest absolute Gasteiger partial charge is 0.251 e. The molecule has 0 aromatic heterocycles. The van der Waals surface area contributed by atoms with Crippen LogP contribution in [0.3, 0.4) is 0 Å². The molecule has 132 valence electrons. The van der Waals surface area contributed by atoms with Gasteiger partial charge >= 0.3 is 0 Å². The number of rotatable bonds is 7. The zero-order valence-electron chi connectivity index (χ0n) is 15.1. The van der Waals surface area contributed by atoms with Crippen LogP contribution in [-0.4, -0.2) is 30.4 Å². The predicted molar refractivity (Wildman–Crippen MR) is 103 cm³/mol. The fraction of sp³-hybridized carbons (Fsp3) is 0.409. The number of carbonyl (C=O) groups is 1. The van der Waals surface area contributed by atoms with E-state index in [1.165, 1.54) is 42.6 Å². The van der Waals surface area contributed by atoms with Crippen LogP contribution in [0.5, 0.6) is 0 Å². The zero-order chi connectivity index (χ0) is 17.5. The lowest BCUT2D eigenvalue weighted by Gasteiger charge is -2.14. The minimum absolute atomic E-state index is 0.0247. The molecule has 0 radical (unpaired) electrons. The number of nitrogens with zero attached hydrogens (tertiary/aromatic N) is 1. The number of hydrogen-bond donors (Lipinski definition) is 1. The van der Waals surface area contributed by atoms with Gasteiger partial charge in [0.25, 0.3) is 5.91 Å². The molecule has 3 heteroatoms. The molecule has 0 saturated carbocycles. The summed E-state index contributed by atoms with van der Waals surface area (Å²) in [6.07, 6.45) is 4.57. The molecule has 3 nitrogen and oxygen atoms in total. The molecular weight excluding hydrogens is 308 g/mol. The second-order valence-electron chi connectivity index (χ2n) is 7.03. The van der Waals surface area contributed by atoms with Gasteiger partial charge in [-0.2, -0.15) is 0 Å². The first kappa shape index (κ1) is 17.7. The highest BCUT2D eigenvalue weighted by Crippen LogP contribution is 2.13. The summed E-state index contributed by atoms with van der Waals surface area (Å²) in [5.41, 5.74) is 4.65. The van der Waals surface area contributed by atoms with Crippen LogP contribution >= 0.6 is 0 Å². The first-order valence-corrected chi connectivity index (χ1v) is 9.36. The summed E-state index contributed by atoms with van der Waals surface area (Å²) >= 11 is 0. The molecular formula is C22H28N2O. The van der Waals surface area contributed by atoms with Crippen LogP contribution in [0.25, 0.3) is 0 Å². The van der Waals surface area contributed by atoms with Gasteiger partial charge in [-0.1, -0.05) is 42.0 Å². The second kappa shape index (κ2) is 8.82. The topological polar surface area (TPSA) is 32.3 Å². The number of aryl methyl sites for hydroxylation is 2. The quantitative estimate of drug-likeness (QED) is 0.777. The Morgan fingerprint density at radius 2 is 1.60 bits per heavy atom. The van der Waals surface area contributed by atoms with Crippen LogP contribution in [0, 0.1) is 6.92 Å². The van der Waals surface area contributed by atoms with Crippen molar-refractivity contribution < 1.29 is 4.79 Å². The fourth-order valence-electron chi connectivity index (χ4n) is 3.31. The summed E-state index contributed by atoms with van der Waals surface area (Å²) in [5.74, 6) is 0.0247. The molecule has 1 aliphatic rings. The number of carbonyl (C=O) groups excluding carboxylic acids is 1. The van der Waals surface area contributed by atoms with E-state index in [1.54, 1.807) is 0 Å². The van der Waals surface area contributed by atoms with Gasteiger partial charge in [-0.25, -0.2) is 0 Å². The average Bonchev–Trinajstić information content (AvgIpc) is 3.14. The van der Waals surface area contributed by atoms with Crippen molar-refractivity contribution in [2.45, 2.75) is 39.2 Å². The first-order valence-electron chi connectivity index (χ1n) is 9.36. The van der Waals surface area contributed by atoms with Crippen molar-refractivity contribution in [3.63, 3.8) is 0 Å². The molecule has 0 bridgehead atoms. The summed E-state index contributed by atoms with van der Waals surface area (Å²) in [7, 11) is 0. The maximum absolute atomic E-state index is 12.2. The third-order valence-corrected chi connectivity index (χ3v) is 4.87. The molecule has 0 spiro atoms. The summed E-state index contributed by atoms with van der Waals surface area (Å²) in [4.78, 5) is 14.7. The van der Waals surface area contributed by atoms with Gasteiger partial charge in [-0.15, -0.1) is 0 Å². The Balaban J connectivity index is 1.40. The van der Waals surface area contributed by atoms with Crippen molar-refractivity contribution in [2.75, 3.05) is 19.6 Å². The van der Waals surface area contributed by atoms with Crippen molar-refractivity contribution in [1.29, 1.82) is 0 Å². The van der Waals surface area contributed by atoms with Gasteiger partial charge in [0.1, 0.15) is 0 Å². The van der Waals surface area contributed by atoms with Gasteiger partial charge < -0.3 is 5.32 Å². The first-order chi connectivity index (χ1) is 12.2. The minimum Gasteiger partial charge on any atom is -0.352 e. The van der Waals surface area contributed by atoms with E-state index in [0.717, 1.165) is 24.9 Å². The van der Waals surface area contributed by atoms with Crippen LogP contribution in [0.1, 0.15) is 46.3 Å². The highest BCUT2D eigenvalue weighted by atomic mass is 16.1. The summed E-state index contributed by atoms with van der Waals surface area (Å²) < 4.78 is 0. The van der Waals surface area contributed by atoms with Crippen LogP contribution in [-0.2, 0) is 13.0 Å². The zero-order valence-corrected chi connectivity index (χ0v) is 15.1. The fourth-order valence-corrected chi connectivity index (χ4v) is 3.31. The molecule has 0 atom stereocenters. The van der Waals surface area contributed by atoms with Crippen LogP contribution in [0.2, 0.25) is 0 Å². The van der Waals surface area contributed by atoms with E-state index in [1.807, 2.05) is 12.1 Å². The van der Waals surface area contributed by atoms with E-state index in [4.69, 9.17) is 0 Å². The van der Waals surface area contributed by atoms with Gasteiger partial charge in [-0.05, 0) is 69.0 Å². The molecule has 1 saturated heterocycles. The maximum atomic E-state index is 12.2. The second-order valence-corrected chi connectivity index (χ2v) is 7.03. The third kappa shape index (κ3) is 5.43. The Bertz CT molecular complexity index is 670. The Morgan fingerprint density at radius 3 is 2.28 bits per heavy atom. The van der Waals surface area contributed by atoms with Crippen LogP contribution in [0.4, 0.5) is 0 Å². The van der Waals surface area contributed by atoms with E-state index in [2.05, 4.69) is 53.5 Å². The number of likely N-dealkylation sites (tertiary alicyclic amines) is 1. The molecule has 1 N–H and O–H groups in total. The number of hydrogen-bond acceptors (Lipinski definition) is 2. The summed E-state index contributed by atoms with van der Waals surface area (Å²) in [5, 5.41) is 3.02. The van der Waals surface area contributed by atoms with Gasteiger partial charge in [0.15, 0.2) is 0 Å². The van der Waals surface area contributed by atoms with E-state index in [9.17, 15) is 4.79 Å². The van der Waals surface area contributed by atoms with Gasteiger partial charge in [0.05, 0.1) is 0 Å². The Kier molecular flexibility index (Phi) is 6.24. The Hall–Kier alpha value is -2.13. The predicted octanol–water partition coefficient (Wildman–Crippen LogP) is 3.95. The molecule has 1 heterocycles. The van der Waals surface area contributed by atoms with Crippen molar-refractivity contribution in [1.82, 2.24) is 10.2 Å². The molecule has 2 aromatic rings. The highest BCUT2D eigenvalue weighted by molar-refractivity contribution is 5.94. The van der Waals surface area contributed by atoms with E-state index in [0.29, 0.717) is 6.54 Å². The minimum atomic E-state index is 0.0247. The SMILES string of the molecule is Cc1ccc(CCCNC(=O)c2ccc(CN3CCCC3)cc2)cc1. The van der Waals surface area contributed by atoms with Crippen molar-refractivity contribution in [2.24, 2.45) is 0 Å². The summed E-state index contributed by atoms with van der Waals surface area (Å²) in [6, 6.07) is 16.7. The van der Waals surface area contributed by atoms with Crippen molar-refractivity contribution in [3.8, 4) is 0 Å². The molecule has 25 heavy (non-hydrogen) atoms. The molecule has 1 fully saturated rings. The maximum Gasteiger partial charge on any atom is 0.251 e. The standard InChI is InChI=1S/C22H28N2O/c1-18-6-8-19(9-7-18)5-4-14-23-22(25)21-12-10-20(11-13-21)17-24-15-2-3-16-24/h6-13H,2-5,14-17H2,1H3,(H,23,25). The molecule has 0 unspecified atom stereocenters. The van der Waals surface area contributed by atoms with Crippen molar-refractivity contribution in [3.05, 3.63) is 70.8 Å². The molecule has 1 aliphatic heterocycles. The highest BCUT2D eigenvalue weighted by Gasteiger charge is 2.12. The van der Waals surface area contributed by atoms with E-state index in [-0.39, 0.29) is 5.91 Å². The average molecular weight is 336 g/mol. The third-order valence-electron chi connectivity index (χ3n) is 4.87. The van der Waals surface area contributed by atoms with Crippen LogP contribution < -0.4 is 5.32 Å². The van der Waals surface area contributed by atoms with Gasteiger partial charge in [0.2, 0.25) is 0 Å². The normalized spacial score (nSPS) is 14.6. The Morgan fingerprint density at radius 1 is 0.960 bits per heavy atom. The van der Waals surface area contributed by atoms with Gasteiger partial charge in [-0.3, -0.25) is 9.69 Å². The van der Waals surface area contributed by atoms with Crippen molar-refractivity contribution >= 4 is 5.91 Å². The number of amides is 1. The Labute approximate surface area is 151 Å². The number of nitrogens with one attached hydrogen (secondary N) is 1. The lowest BCUT2D eigenvalue weighted by Crippen LogP contribution is -2.25. The summed E-state index contributed by atoms with van der Waals surface area (Å²) in [6.45, 7) is 6.20. The van der Waals surface area contributed by atoms with E-state index >= 15 is 0 Å². The molecule has 2 aromatic carbocycles. The monoisotopic (exact) mass is 336 g/mol. The largest absolute Gasteiger partial charge is 0.352 e. The van der Waals surface area contributed by atoms with Gasteiger partial charge in [0, 0.05) is 18.7 Å². The number of benzene rings is 2. The molecule has 3 rings (SSSR count). The van der Waals surface area contributed by atoms with Crippen LogP contribution in [0.15, 0.2) is 48.5 Å². The van der Waals surface area contributed by atoms with E-state index < -0.39 is 0 Å². The lowest BCUT2D eigenvalue weighted by molar-refractivity contribution is 0.0953. The molecule has 1 amide bonds.